The van der Waals surface area contributed by atoms with Crippen molar-refractivity contribution in [3.8, 4) is 0 Å². The van der Waals surface area contributed by atoms with E-state index in [1.165, 1.54) is 6.20 Å². The lowest BCUT2D eigenvalue weighted by molar-refractivity contribution is 0.485. The summed E-state index contributed by atoms with van der Waals surface area (Å²) in [7, 11) is 0.724. The maximum absolute atomic E-state index is 12.2. The molecule has 1 atom stereocenters. The molecule has 1 aliphatic heterocycles. The van der Waals surface area contributed by atoms with Gasteiger partial charge in [-0.25, -0.2) is 0 Å². The first-order chi connectivity index (χ1) is 12.0. The molecule has 0 spiro atoms. The molecule has 4 rings (SSSR count). The van der Waals surface area contributed by atoms with E-state index in [4.69, 9.17) is 0 Å². The highest BCUT2D eigenvalue weighted by atomic mass is 32.2. The van der Waals surface area contributed by atoms with E-state index in [1.54, 1.807) is 24.2 Å². The summed E-state index contributed by atoms with van der Waals surface area (Å²) in [5, 5.41) is 11.6. The van der Waals surface area contributed by atoms with E-state index in [1.807, 2.05) is 0 Å². The molecule has 4 heterocycles. The van der Waals surface area contributed by atoms with Crippen molar-refractivity contribution in [2.45, 2.75) is 23.7 Å². The van der Waals surface area contributed by atoms with E-state index in [9.17, 15) is 9.00 Å². The molecule has 10 heteroatoms. The lowest BCUT2D eigenvalue weighted by Gasteiger charge is -2.32. The van der Waals surface area contributed by atoms with Crippen LogP contribution in [0.5, 0.6) is 0 Å². The Morgan fingerprint density at radius 1 is 1.28 bits per heavy atom. The lowest BCUT2D eigenvalue weighted by atomic mass is 9.94. The summed E-state index contributed by atoms with van der Waals surface area (Å²) in [6, 6.07) is 0. The number of anilines is 1. The number of nitrogens with zero attached hydrogens (tertiary/aromatic N) is 5. The van der Waals surface area contributed by atoms with Crippen LogP contribution in [0, 0.1) is 0 Å². The van der Waals surface area contributed by atoms with Crippen LogP contribution < -0.4 is 10.5 Å². The van der Waals surface area contributed by atoms with Gasteiger partial charge in [0, 0.05) is 32.3 Å². The molecule has 3 aromatic heterocycles. The van der Waals surface area contributed by atoms with E-state index >= 15 is 0 Å². The normalized spacial score (nSPS) is 17.3. The SMILES string of the molecule is Cn1ncc2c(=O)[nH]c(N3CCC(c4[nH]ncc4S(C)=O)CC3)nc21. The van der Waals surface area contributed by atoms with Crippen LogP contribution >= 0.6 is 0 Å². The van der Waals surface area contributed by atoms with Crippen LogP contribution in [0.2, 0.25) is 0 Å². The average Bonchev–Trinajstić information content (AvgIpc) is 3.23. The molecule has 3 aromatic rings. The molecule has 0 saturated carbocycles. The van der Waals surface area contributed by atoms with Crippen LogP contribution in [0.3, 0.4) is 0 Å². The lowest BCUT2D eigenvalue weighted by Crippen LogP contribution is -2.35. The fraction of sp³-hybridized carbons (Fsp3) is 0.467. The summed E-state index contributed by atoms with van der Waals surface area (Å²) in [6.45, 7) is 1.51. The zero-order valence-electron chi connectivity index (χ0n) is 14.0. The van der Waals surface area contributed by atoms with Gasteiger partial charge >= 0.3 is 0 Å². The smallest absolute Gasteiger partial charge is 0.263 e. The summed E-state index contributed by atoms with van der Waals surface area (Å²) >= 11 is 0. The van der Waals surface area contributed by atoms with Gasteiger partial charge < -0.3 is 4.90 Å². The van der Waals surface area contributed by atoms with Crippen molar-refractivity contribution in [3.63, 3.8) is 0 Å². The van der Waals surface area contributed by atoms with Crippen LogP contribution in [0.1, 0.15) is 24.5 Å². The quantitative estimate of drug-likeness (QED) is 0.702. The highest BCUT2D eigenvalue weighted by Crippen LogP contribution is 2.31. The first-order valence-corrected chi connectivity index (χ1v) is 9.64. The Kier molecular flexibility index (Phi) is 3.91. The van der Waals surface area contributed by atoms with Crippen molar-refractivity contribution < 1.29 is 4.21 Å². The van der Waals surface area contributed by atoms with Gasteiger partial charge in [-0.2, -0.15) is 15.2 Å². The summed E-state index contributed by atoms with van der Waals surface area (Å²) in [5.41, 5.74) is 1.37. The zero-order chi connectivity index (χ0) is 17.6. The van der Waals surface area contributed by atoms with Crippen molar-refractivity contribution in [2.24, 2.45) is 7.05 Å². The number of aryl methyl sites for hydroxylation is 1. The standard InChI is InChI=1S/C15H19N7O2S/c1-21-13-10(7-17-21)14(23)19-15(18-13)22-5-3-9(4-6-22)12-11(25(2)24)8-16-20-12/h7-9H,3-6H2,1-2H3,(H,16,20)(H,18,19,23). The second kappa shape index (κ2) is 6.10. The van der Waals surface area contributed by atoms with Gasteiger partial charge in [-0.3, -0.25) is 23.8 Å². The van der Waals surface area contributed by atoms with Gasteiger partial charge in [0.25, 0.3) is 5.56 Å². The fourth-order valence-corrected chi connectivity index (χ4v) is 4.08. The predicted molar refractivity (Wildman–Crippen MR) is 94.2 cm³/mol. The summed E-state index contributed by atoms with van der Waals surface area (Å²) in [4.78, 5) is 22.5. The van der Waals surface area contributed by atoms with Gasteiger partial charge in [-0.05, 0) is 12.8 Å². The second-order valence-electron chi connectivity index (χ2n) is 6.26. The van der Waals surface area contributed by atoms with Crippen LogP contribution in [-0.2, 0) is 17.8 Å². The van der Waals surface area contributed by atoms with Gasteiger partial charge in [-0.1, -0.05) is 0 Å². The van der Waals surface area contributed by atoms with Crippen molar-refractivity contribution in [3.05, 3.63) is 28.4 Å². The van der Waals surface area contributed by atoms with E-state index in [2.05, 4.69) is 30.2 Å². The van der Waals surface area contributed by atoms with Gasteiger partial charge in [0.15, 0.2) is 5.65 Å². The first-order valence-electron chi connectivity index (χ1n) is 8.08. The van der Waals surface area contributed by atoms with Crippen LogP contribution in [0.15, 0.2) is 22.1 Å². The highest BCUT2D eigenvalue weighted by Gasteiger charge is 2.26. The minimum Gasteiger partial charge on any atom is -0.342 e. The van der Waals surface area contributed by atoms with Gasteiger partial charge in [0.05, 0.1) is 33.8 Å². The van der Waals surface area contributed by atoms with E-state index in [-0.39, 0.29) is 11.5 Å². The summed E-state index contributed by atoms with van der Waals surface area (Å²) < 4.78 is 13.4. The molecule has 0 radical (unpaired) electrons. The van der Waals surface area contributed by atoms with Crippen LogP contribution in [0.4, 0.5) is 5.95 Å². The molecular formula is C15H19N7O2S. The molecule has 0 aromatic carbocycles. The molecule has 0 amide bonds. The molecule has 132 valence electrons. The highest BCUT2D eigenvalue weighted by molar-refractivity contribution is 7.84. The van der Waals surface area contributed by atoms with Crippen LogP contribution in [-0.4, -0.2) is 53.5 Å². The number of nitrogens with one attached hydrogen (secondary N) is 2. The summed E-state index contributed by atoms with van der Waals surface area (Å²) in [6.07, 6.45) is 6.59. The third-order valence-electron chi connectivity index (χ3n) is 4.73. The minimum absolute atomic E-state index is 0.174. The number of rotatable bonds is 3. The molecule has 25 heavy (non-hydrogen) atoms. The van der Waals surface area contributed by atoms with E-state index in [0.717, 1.165) is 36.5 Å². The molecule has 0 bridgehead atoms. The Bertz CT molecular complexity index is 997. The number of aromatic amines is 2. The second-order valence-corrected chi connectivity index (χ2v) is 7.61. The molecule has 1 saturated heterocycles. The Morgan fingerprint density at radius 2 is 2.04 bits per heavy atom. The first kappa shape index (κ1) is 16.0. The van der Waals surface area contributed by atoms with Crippen LogP contribution in [0.25, 0.3) is 11.0 Å². The molecule has 1 aliphatic rings. The fourth-order valence-electron chi connectivity index (χ4n) is 3.36. The molecular weight excluding hydrogens is 342 g/mol. The summed E-state index contributed by atoms with van der Waals surface area (Å²) in [5.74, 6) is 0.855. The Hall–Kier alpha value is -2.49. The predicted octanol–water partition coefficient (Wildman–Crippen LogP) is 0.501. The Morgan fingerprint density at radius 3 is 2.76 bits per heavy atom. The average molecular weight is 361 g/mol. The number of hydrogen-bond donors (Lipinski definition) is 2. The maximum Gasteiger partial charge on any atom is 0.263 e. The Labute approximate surface area is 145 Å². The van der Waals surface area contributed by atoms with Gasteiger partial charge in [0.2, 0.25) is 5.95 Å². The topological polar surface area (TPSA) is 113 Å². The number of aromatic nitrogens is 6. The molecule has 2 N–H and O–H groups in total. The van der Waals surface area contributed by atoms with Crippen molar-refractivity contribution in [1.82, 2.24) is 29.9 Å². The maximum atomic E-state index is 12.2. The van der Waals surface area contributed by atoms with E-state index < -0.39 is 10.8 Å². The zero-order valence-corrected chi connectivity index (χ0v) is 14.8. The molecule has 1 fully saturated rings. The van der Waals surface area contributed by atoms with E-state index in [0.29, 0.717) is 17.0 Å². The molecule has 0 aliphatic carbocycles. The number of H-pyrrole nitrogens is 2. The Balaban J connectivity index is 1.56. The van der Waals surface area contributed by atoms with Crippen molar-refractivity contribution in [2.75, 3.05) is 24.2 Å². The third kappa shape index (κ3) is 2.76. The van der Waals surface area contributed by atoms with Crippen molar-refractivity contribution in [1.29, 1.82) is 0 Å². The number of hydrogen-bond acceptors (Lipinski definition) is 6. The molecule has 1 unspecified atom stereocenters. The molecule has 9 nitrogen and oxygen atoms in total. The number of fused-ring (bicyclic) bond motifs is 1. The van der Waals surface area contributed by atoms with Gasteiger partial charge in [-0.15, -0.1) is 0 Å². The number of piperidine rings is 1. The monoisotopic (exact) mass is 361 g/mol. The largest absolute Gasteiger partial charge is 0.342 e. The minimum atomic E-state index is -1.05. The third-order valence-corrected chi connectivity index (χ3v) is 5.68. The van der Waals surface area contributed by atoms with Gasteiger partial charge in [0.1, 0.15) is 5.39 Å². The van der Waals surface area contributed by atoms with Crippen molar-refractivity contribution >= 4 is 27.8 Å².